The first-order valence-electron chi connectivity index (χ1n) is 11.3. The van der Waals surface area contributed by atoms with Crippen molar-refractivity contribution in [2.24, 2.45) is 34.0 Å². The van der Waals surface area contributed by atoms with Crippen molar-refractivity contribution in [2.45, 2.75) is 85.2 Å². The molecular weight excluding hydrogens is 348 g/mol. The predicted molar refractivity (Wildman–Crippen MR) is 112 cm³/mol. The van der Waals surface area contributed by atoms with Crippen LogP contribution in [0.15, 0.2) is 23.8 Å². The number of cyclic esters (lactones) is 1. The molecule has 28 heavy (non-hydrogen) atoms. The molecule has 3 fully saturated rings. The van der Waals surface area contributed by atoms with E-state index >= 15 is 0 Å². The van der Waals surface area contributed by atoms with E-state index in [1.807, 2.05) is 0 Å². The van der Waals surface area contributed by atoms with Gasteiger partial charge in [-0.1, -0.05) is 46.3 Å². The fraction of sp³-hybridized carbons (Fsp3) is 0.800. The lowest BCUT2D eigenvalue weighted by Crippen LogP contribution is -2.58. The van der Waals surface area contributed by atoms with E-state index in [4.69, 9.17) is 4.74 Å². The Bertz CT molecular complexity index is 705. The molecule has 0 saturated heterocycles. The van der Waals surface area contributed by atoms with Gasteiger partial charge in [-0.25, -0.2) is 4.79 Å². The van der Waals surface area contributed by atoms with Crippen molar-refractivity contribution in [1.82, 2.24) is 0 Å². The molecule has 0 aromatic heterocycles. The normalized spacial score (nSPS) is 43.6. The van der Waals surface area contributed by atoms with Crippen LogP contribution < -0.4 is 0 Å². The second-order valence-electron chi connectivity index (χ2n) is 11.3. The average Bonchev–Trinajstić information content (AvgIpc) is 3.03. The summed E-state index contributed by atoms with van der Waals surface area (Å²) < 4.78 is 5.03. The van der Waals surface area contributed by atoms with Crippen LogP contribution in [0.3, 0.4) is 0 Å². The number of allylic oxidation sites excluding steroid dienone is 1. The smallest absolute Gasteiger partial charge is 0.331 e. The Morgan fingerprint density at radius 2 is 1.89 bits per heavy atom. The summed E-state index contributed by atoms with van der Waals surface area (Å²) in [6.45, 7) is 14.7. The van der Waals surface area contributed by atoms with Crippen molar-refractivity contribution in [3.63, 3.8) is 0 Å². The maximum absolute atomic E-state index is 11.4. The molecule has 1 heterocycles. The number of aliphatic hydroxyl groups excluding tert-OH is 1. The summed E-state index contributed by atoms with van der Waals surface area (Å²) in [6, 6.07) is 0. The minimum Gasteiger partial charge on any atom is -0.458 e. The minimum absolute atomic E-state index is 0.193. The molecule has 0 spiro atoms. The molecule has 3 nitrogen and oxygen atoms in total. The zero-order valence-corrected chi connectivity index (χ0v) is 18.2. The lowest BCUT2D eigenvalue weighted by atomic mass is 9.39. The van der Waals surface area contributed by atoms with Crippen LogP contribution in [0.4, 0.5) is 0 Å². The van der Waals surface area contributed by atoms with Gasteiger partial charge in [0.2, 0.25) is 0 Å². The molecule has 1 aliphatic heterocycles. The first kappa shape index (κ1) is 20.2. The topological polar surface area (TPSA) is 46.5 Å². The molecule has 4 aliphatic rings. The van der Waals surface area contributed by atoms with Gasteiger partial charge in [0, 0.05) is 11.6 Å². The van der Waals surface area contributed by atoms with Crippen LogP contribution in [0.5, 0.6) is 0 Å². The van der Waals surface area contributed by atoms with Crippen molar-refractivity contribution in [3.05, 3.63) is 23.8 Å². The van der Waals surface area contributed by atoms with Crippen molar-refractivity contribution in [3.8, 4) is 0 Å². The van der Waals surface area contributed by atoms with E-state index in [1.54, 1.807) is 0 Å². The lowest BCUT2D eigenvalue weighted by molar-refractivity contribution is -0.156. The number of carbonyl (C=O) groups is 1. The van der Waals surface area contributed by atoms with Crippen LogP contribution >= 0.6 is 0 Å². The highest BCUT2D eigenvalue weighted by atomic mass is 16.5. The van der Waals surface area contributed by atoms with Crippen LogP contribution in [0, 0.1) is 34.0 Å². The maximum Gasteiger partial charge on any atom is 0.331 e. The van der Waals surface area contributed by atoms with Gasteiger partial charge in [-0.2, -0.15) is 0 Å². The highest BCUT2D eigenvalue weighted by Gasteiger charge is 2.61. The molecule has 1 N–H and O–H groups in total. The minimum atomic E-state index is -0.600. The molecule has 0 amide bonds. The maximum atomic E-state index is 11.4. The summed E-state index contributed by atoms with van der Waals surface area (Å²) in [5, 5.41) is 10.9. The third-order valence-electron chi connectivity index (χ3n) is 9.45. The van der Waals surface area contributed by atoms with Crippen LogP contribution in [0.1, 0.15) is 79.1 Å². The Labute approximate surface area is 170 Å². The molecule has 6 atom stereocenters. The van der Waals surface area contributed by atoms with E-state index in [9.17, 15) is 9.90 Å². The molecule has 1 unspecified atom stereocenters. The molecule has 3 aliphatic carbocycles. The van der Waals surface area contributed by atoms with Gasteiger partial charge in [0.25, 0.3) is 0 Å². The average molecular weight is 387 g/mol. The van der Waals surface area contributed by atoms with Gasteiger partial charge in [-0.05, 0) is 78.9 Å². The second-order valence-corrected chi connectivity index (χ2v) is 11.3. The van der Waals surface area contributed by atoms with E-state index in [2.05, 4.69) is 34.3 Å². The third kappa shape index (κ3) is 3.00. The zero-order valence-electron chi connectivity index (χ0n) is 18.2. The largest absolute Gasteiger partial charge is 0.458 e. The number of aliphatic hydroxyl groups is 1. The second kappa shape index (κ2) is 6.72. The molecule has 0 radical (unpaired) electrons. The Morgan fingerprint density at radius 1 is 1.14 bits per heavy atom. The molecule has 3 heteroatoms. The molecule has 0 aromatic carbocycles. The molecule has 0 bridgehead atoms. The number of esters is 1. The van der Waals surface area contributed by atoms with E-state index < -0.39 is 6.10 Å². The molecule has 3 saturated carbocycles. The van der Waals surface area contributed by atoms with Gasteiger partial charge in [0.05, 0.1) is 6.10 Å². The summed E-state index contributed by atoms with van der Waals surface area (Å²) in [5.41, 5.74) is 3.07. The van der Waals surface area contributed by atoms with Crippen molar-refractivity contribution >= 4 is 5.97 Å². The quantitative estimate of drug-likeness (QED) is 0.519. The fourth-order valence-corrected chi connectivity index (χ4v) is 8.13. The molecule has 0 aromatic rings. The van der Waals surface area contributed by atoms with Gasteiger partial charge < -0.3 is 9.84 Å². The van der Waals surface area contributed by atoms with E-state index in [-0.39, 0.29) is 18.0 Å². The number of fused-ring (bicyclic) bond motifs is 3. The van der Waals surface area contributed by atoms with Crippen molar-refractivity contribution in [2.75, 3.05) is 6.61 Å². The first-order valence-corrected chi connectivity index (χ1v) is 11.3. The summed E-state index contributed by atoms with van der Waals surface area (Å²) in [6.07, 6.45) is 10.4. The Hall–Kier alpha value is -1.09. The Kier molecular flexibility index (Phi) is 4.85. The molecule has 4 rings (SSSR count). The monoisotopic (exact) mass is 386 g/mol. The number of rotatable bonds is 3. The van der Waals surface area contributed by atoms with Gasteiger partial charge >= 0.3 is 5.97 Å². The first-order chi connectivity index (χ1) is 13.1. The predicted octanol–water partition coefficient (Wildman–Crippen LogP) is 5.44. The van der Waals surface area contributed by atoms with Gasteiger partial charge in [-0.3, -0.25) is 0 Å². The number of ether oxygens (including phenoxy) is 1. The number of hydrogen-bond acceptors (Lipinski definition) is 3. The van der Waals surface area contributed by atoms with E-state index in [1.165, 1.54) is 50.2 Å². The Balaban J connectivity index is 1.62. The Morgan fingerprint density at radius 3 is 2.57 bits per heavy atom. The van der Waals surface area contributed by atoms with Crippen LogP contribution in [0.25, 0.3) is 0 Å². The van der Waals surface area contributed by atoms with E-state index in [0.717, 1.165) is 17.9 Å². The van der Waals surface area contributed by atoms with Crippen LogP contribution in [0.2, 0.25) is 0 Å². The van der Waals surface area contributed by atoms with Gasteiger partial charge in [0.1, 0.15) is 6.61 Å². The summed E-state index contributed by atoms with van der Waals surface area (Å²) in [7, 11) is 0. The molecule has 156 valence electrons. The number of carbonyl (C=O) groups excluding carboxylic acids is 1. The fourth-order valence-electron chi connectivity index (χ4n) is 8.13. The standard InChI is InChI=1S/C25H38O3/c1-16-7-8-21-24(4,18(16)14-19(26)17-13-22(27)28-15-17)12-9-20-23(2,3)10-6-11-25(20,21)5/h13,18-21,26H,1,6-12,14-15H2,2-5H3/t18-,19-,20?,21+,24+,25+/m1/s1. The van der Waals surface area contributed by atoms with Crippen molar-refractivity contribution in [1.29, 1.82) is 0 Å². The zero-order chi connectivity index (χ0) is 20.3. The third-order valence-corrected chi connectivity index (χ3v) is 9.45. The van der Waals surface area contributed by atoms with Crippen LogP contribution in [-0.2, 0) is 9.53 Å². The van der Waals surface area contributed by atoms with Crippen LogP contribution in [-0.4, -0.2) is 23.8 Å². The molecular formula is C25H38O3. The lowest BCUT2D eigenvalue weighted by Gasteiger charge is -2.66. The highest BCUT2D eigenvalue weighted by molar-refractivity contribution is 5.85. The summed E-state index contributed by atoms with van der Waals surface area (Å²) in [5.74, 6) is 1.49. The van der Waals surface area contributed by atoms with Gasteiger partial charge in [0.15, 0.2) is 0 Å². The summed E-state index contributed by atoms with van der Waals surface area (Å²) >= 11 is 0. The van der Waals surface area contributed by atoms with Gasteiger partial charge in [-0.15, -0.1) is 0 Å². The van der Waals surface area contributed by atoms with E-state index in [0.29, 0.717) is 29.1 Å². The highest BCUT2D eigenvalue weighted by Crippen LogP contribution is 2.69. The van der Waals surface area contributed by atoms with Crippen molar-refractivity contribution < 1.29 is 14.6 Å². The SMILES string of the molecule is C=C1CC[C@H]2[C@@](C)(CCC3C(C)(C)CCC[C@@]32C)[C@@H]1C[C@@H](O)C1=CC(=O)OC1. The summed E-state index contributed by atoms with van der Waals surface area (Å²) in [4.78, 5) is 11.4. The number of hydrogen-bond donors (Lipinski definition) is 1.